The Morgan fingerprint density at radius 3 is 2.33 bits per heavy atom. The predicted octanol–water partition coefficient (Wildman–Crippen LogP) is 1.48. The second-order valence-electron chi connectivity index (χ2n) is 2.60. The van der Waals surface area contributed by atoms with E-state index in [1.165, 1.54) is 18.2 Å². The zero-order chi connectivity index (χ0) is 10.8. The topological polar surface area (TPSA) is 0 Å². The van der Waals surface area contributed by atoms with E-state index in [-0.39, 0.29) is 51.4 Å². The summed E-state index contributed by atoms with van der Waals surface area (Å²) in [6.07, 6.45) is 0. The zero-order valence-corrected chi connectivity index (χ0v) is 13.3. The number of hydrogen-bond acceptors (Lipinski definition) is 1. The van der Waals surface area contributed by atoms with E-state index in [1.807, 2.05) is 0 Å². The van der Waals surface area contributed by atoms with Gasteiger partial charge in [-0.15, -0.1) is 0 Å². The molecule has 1 rings (SSSR count). The number of benzene rings is 1. The second kappa shape index (κ2) is 7.16. The van der Waals surface area contributed by atoms with E-state index in [2.05, 4.69) is 0 Å². The van der Waals surface area contributed by atoms with Crippen molar-refractivity contribution in [3.63, 3.8) is 0 Å². The molecular weight excluding hydrogens is 294 g/mol. The van der Waals surface area contributed by atoms with Gasteiger partial charge >= 0.3 is 58.4 Å². The largest absolute Gasteiger partial charge is 1.00 e. The maximum absolute atomic E-state index is 11.9. The van der Waals surface area contributed by atoms with Crippen molar-refractivity contribution in [2.75, 3.05) is 5.65 Å². The molecular formula is C7H5BCl2F3KS. The molecule has 0 aliphatic rings. The molecule has 0 heterocycles. The van der Waals surface area contributed by atoms with Gasteiger partial charge in [0.1, 0.15) is 0 Å². The monoisotopic (exact) mass is 298 g/mol. The van der Waals surface area contributed by atoms with Gasteiger partial charge in [0, 0.05) is 9.92 Å². The molecule has 0 aliphatic heterocycles. The molecule has 15 heavy (non-hydrogen) atoms. The SMILES string of the molecule is F[B-](F)(F)CSc1cc(Cl)ccc1Cl.[K+]. The number of halogens is 5. The van der Waals surface area contributed by atoms with E-state index in [4.69, 9.17) is 23.2 Å². The van der Waals surface area contributed by atoms with Gasteiger partial charge in [0.15, 0.2) is 0 Å². The van der Waals surface area contributed by atoms with Gasteiger partial charge in [-0.1, -0.05) is 23.2 Å². The summed E-state index contributed by atoms with van der Waals surface area (Å²) in [5, 5.41) is 0.672. The molecule has 0 N–H and O–H groups in total. The third-order valence-electron chi connectivity index (χ3n) is 1.32. The van der Waals surface area contributed by atoms with Crippen LogP contribution in [0, 0.1) is 0 Å². The molecule has 0 bridgehead atoms. The quantitative estimate of drug-likeness (QED) is 0.602. The number of hydrogen-bond donors (Lipinski definition) is 0. The van der Waals surface area contributed by atoms with Crippen LogP contribution < -0.4 is 51.4 Å². The minimum atomic E-state index is -4.79. The van der Waals surface area contributed by atoms with E-state index in [9.17, 15) is 12.9 Å². The first-order valence-electron chi connectivity index (χ1n) is 3.67. The summed E-state index contributed by atoms with van der Waals surface area (Å²) in [7, 11) is 0. The first-order chi connectivity index (χ1) is 6.38. The van der Waals surface area contributed by atoms with Crippen LogP contribution in [0.4, 0.5) is 12.9 Å². The van der Waals surface area contributed by atoms with Crippen LogP contribution >= 0.6 is 35.0 Å². The zero-order valence-electron chi connectivity index (χ0n) is 7.81. The van der Waals surface area contributed by atoms with E-state index < -0.39 is 12.6 Å². The number of thioether (sulfide) groups is 1. The van der Waals surface area contributed by atoms with Crippen LogP contribution in [0.3, 0.4) is 0 Å². The molecule has 0 saturated heterocycles. The van der Waals surface area contributed by atoms with Crippen molar-refractivity contribution >= 4 is 41.9 Å². The van der Waals surface area contributed by atoms with E-state index in [1.54, 1.807) is 0 Å². The molecule has 0 radical (unpaired) electrons. The normalized spacial score (nSPS) is 11.0. The van der Waals surface area contributed by atoms with Crippen molar-refractivity contribution < 1.29 is 64.3 Å². The Morgan fingerprint density at radius 1 is 1.20 bits per heavy atom. The van der Waals surface area contributed by atoms with Crippen molar-refractivity contribution in [1.82, 2.24) is 0 Å². The summed E-state index contributed by atoms with van der Waals surface area (Å²) < 4.78 is 35.8. The van der Waals surface area contributed by atoms with Gasteiger partial charge in [-0.05, 0) is 23.9 Å². The number of rotatable bonds is 3. The van der Waals surface area contributed by atoms with Crippen LogP contribution in [0.1, 0.15) is 0 Å². The fourth-order valence-electron chi connectivity index (χ4n) is 0.772. The Bertz CT molecular complexity index is 335. The standard InChI is InChI=1S/C7H5BCl2F3S.K/c9-5-1-2-6(10)7(3-5)14-4-8(11,12)13;/h1-3H,4H2;/q-1;+1. The first-order valence-corrected chi connectivity index (χ1v) is 5.41. The molecule has 0 saturated carbocycles. The maximum atomic E-state index is 11.9. The maximum Gasteiger partial charge on any atom is 1.00 e. The van der Waals surface area contributed by atoms with Crippen molar-refractivity contribution in [3.05, 3.63) is 28.2 Å². The average molecular weight is 299 g/mol. The molecule has 0 atom stereocenters. The van der Waals surface area contributed by atoms with E-state index in [0.29, 0.717) is 26.7 Å². The summed E-state index contributed by atoms with van der Waals surface area (Å²) in [4.78, 5) is 0.360. The molecule has 0 aromatic heterocycles. The van der Waals surface area contributed by atoms with Gasteiger partial charge in [-0.25, -0.2) is 0 Å². The Hall–Kier alpha value is 1.64. The predicted molar refractivity (Wildman–Crippen MR) is 56.3 cm³/mol. The Balaban J connectivity index is 0.00000196. The Kier molecular flexibility index (Phi) is 7.94. The minimum Gasteiger partial charge on any atom is -0.448 e. The minimum absolute atomic E-state index is 0. The molecule has 78 valence electrons. The summed E-state index contributed by atoms with van der Waals surface area (Å²) in [6.45, 7) is -4.79. The van der Waals surface area contributed by atoms with E-state index >= 15 is 0 Å². The smallest absolute Gasteiger partial charge is 0.448 e. The fraction of sp³-hybridized carbons (Fsp3) is 0.143. The van der Waals surface area contributed by atoms with Crippen molar-refractivity contribution in [1.29, 1.82) is 0 Å². The molecule has 8 heteroatoms. The third-order valence-corrected chi connectivity index (χ3v) is 3.19. The van der Waals surface area contributed by atoms with Gasteiger partial charge in [0.2, 0.25) is 0 Å². The summed E-state index contributed by atoms with van der Waals surface area (Å²) in [6, 6.07) is 4.44. The van der Waals surface area contributed by atoms with Gasteiger partial charge in [-0.3, -0.25) is 0 Å². The third kappa shape index (κ3) is 6.83. The van der Waals surface area contributed by atoms with Gasteiger partial charge in [0.05, 0.1) is 5.02 Å². The van der Waals surface area contributed by atoms with Gasteiger partial charge in [0.25, 0.3) is 0 Å². The van der Waals surface area contributed by atoms with Crippen LogP contribution in [-0.2, 0) is 0 Å². The van der Waals surface area contributed by atoms with Crippen LogP contribution in [0.25, 0.3) is 0 Å². The molecule has 0 unspecified atom stereocenters. The van der Waals surface area contributed by atoms with Crippen LogP contribution in [0.5, 0.6) is 0 Å². The molecule has 1 aromatic carbocycles. The van der Waals surface area contributed by atoms with E-state index in [0.717, 1.165) is 0 Å². The molecule has 0 fully saturated rings. The second-order valence-corrected chi connectivity index (χ2v) is 4.50. The summed E-state index contributed by atoms with van der Waals surface area (Å²) >= 11 is 12.0. The Morgan fingerprint density at radius 2 is 1.80 bits per heavy atom. The molecule has 1 aromatic rings. The van der Waals surface area contributed by atoms with Crippen LogP contribution in [0.15, 0.2) is 23.1 Å². The van der Waals surface area contributed by atoms with Crippen molar-refractivity contribution in [2.24, 2.45) is 0 Å². The van der Waals surface area contributed by atoms with Gasteiger partial charge < -0.3 is 12.9 Å². The molecule has 0 spiro atoms. The summed E-state index contributed by atoms with van der Waals surface area (Å²) in [5.41, 5.74) is -0.903. The fourth-order valence-corrected chi connectivity index (χ4v) is 2.07. The summed E-state index contributed by atoms with van der Waals surface area (Å²) in [5.74, 6) is 0. The van der Waals surface area contributed by atoms with Crippen molar-refractivity contribution in [2.45, 2.75) is 4.90 Å². The van der Waals surface area contributed by atoms with Crippen LogP contribution in [0.2, 0.25) is 10.0 Å². The van der Waals surface area contributed by atoms with Gasteiger partial charge in [-0.2, -0.15) is 11.8 Å². The molecule has 0 aliphatic carbocycles. The molecule has 0 nitrogen and oxygen atoms in total. The Labute approximate surface area is 143 Å². The van der Waals surface area contributed by atoms with Crippen LogP contribution in [-0.4, -0.2) is 12.6 Å². The first kappa shape index (κ1) is 16.6. The van der Waals surface area contributed by atoms with Crippen molar-refractivity contribution in [3.8, 4) is 0 Å². The average Bonchev–Trinajstić information content (AvgIpc) is 2.05. The molecule has 0 amide bonds.